The number of hydrogen-bond donors (Lipinski definition) is 3. The molecule has 0 spiro atoms. The number of nitrogens with zero attached hydrogens (tertiary/aromatic N) is 3. The van der Waals surface area contributed by atoms with E-state index in [2.05, 4.69) is 44.8 Å². The first kappa shape index (κ1) is 17.7. The Morgan fingerprint density at radius 2 is 2.11 bits per heavy atom. The summed E-state index contributed by atoms with van der Waals surface area (Å²) in [4.78, 5) is 20.5. The molecular formula is C20H26N6O. The van der Waals surface area contributed by atoms with Crippen molar-refractivity contribution in [2.24, 2.45) is 7.05 Å². The van der Waals surface area contributed by atoms with E-state index in [0.717, 1.165) is 54.6 Å². The molecule has 4 rings (SSSR count). The van der Waals surface area contributed by atoms with Crippen LogP contribution in [0.15, 0.2) is 24.4 Å². The molecule has 1 aliphatic rings. The lowest BCUT2D eigenvalue weighted by Gasteiger charge is -2.19. The number of carbonyl (C=O) groups is 1. The molecule has 7 heteroatoms. The summed E-state index contributed by atoms with van der Waals surface area (Å²) < 4.78 is 1.67. The van der Waals surface area contributed by atoms with E-state index in [-0.39, 0.29) is 5.91 Å². The van der Waals surface area contributed by atoms with Gasteiger partial charge in [-0.2, -0.15) is 10.1 Å². The second-order valence-electron chi connectivity index (χ2n) is 7.17. The van der Waals surface area contributed by atoms with Gasteiger partial charge in [-0.1, -0.05) is 25.1 Å². The van der Waals surface area contributed by atoms with E-state index in [1.807, 2.05) is 19.3 Å². The van der Waals surface area contributed by atoms with Gasteiger partial charge in [0.05, 0.1) is 6.42 Å². The van der Waals surface area contributed by atoms with Crippen LogP contribution >= 0.6 is 0 Å². The predicted octanol–water partition coefficient (Wildman–Crippen LogP) is 2.51. The second-order valence-corrected chi connectivity index (χ2v) is 7.17. The molecule has 3 heterocycles. The maximum atomic E-state index is 12.6. The van der Waals surface area contributed by atoms with E-state index in [4.69, 9.17) is 0 Å². The molecule has 1 aromatic carbocycles. The number of H-pyrrole nitrogens is 1. The number of para-hydroxylation sites is 1. The Morgan fingerprint density at radius 3 is 2.89 bits per heavy atom. The Hall–Kier alpha value is -2.67. The van der Waals surface area contributed by atoms with E-state index in [1.54, 1.807) is 4.68 Å². The van der Waals surface area contributed by atoms with Gasteiger partial charge in [0.15, 0.2) is 5.82 Å². The van der Waals surface area contributed by atoms with Crippen molar-refractivity contribution in [3.8, 4) is 0 Å². The Bertz CT molecular complexity index is 951. The normalized spacial score (nSPS) is 15.3. The molecule has 3 aromatic rings. The molecule has 2 aromatic heterocycles. The average molecular weight is 366 g/mol. The Morgan fingerprint density at radius 1 is 1.30 bits per heavy atom. The topological polar surface area (TPSA) is 87.6 Å². The van der Waals surface area contributed by atoms with Gasteiger partial charge in [-0.25, -0.2) is 4.68 Å². The van der Waals surface area contributed by atoms with Crippen molar-refractivity contribution in [3.05, 3.63) is 41.3 Å². The zero-order valence-electron chi connectivity index (χ0n) is 15.9. The maximum Gasteiger partial charge on any atom is 0.231 e. The lowest BCUT2D eigenvalue weighted by Crippen LogP contribution is -2.27. The molecule has 0 atom stereocenters. The van der Waals surface area contributed by atoms with Gasteiger partial charge >= 0.3 is 0 Å². The van der Waals surface area contributed by atoms with Gasteiger partial charge in [0.25, 0.3) is 0 Å². The number of aryl methyl sites for hydroxylation is 2. The number of nitrogens with one attached hydrogen (secondary N) is 3. The number of hydrogen-bond acceptors (Lipinski definition) is 4. The number of benzene rings is 1. The van der Waals surface area contributed by atoms with E-state index in [9.17, 15) is 4.79 Å². The Balaban J connectivity index is 1.48. The highest BCUT2D eigenvalue weighted by Crippen LogP contribution is 2.24. The third-order valence-electron chi connectivity index (χ3n) is 5.35. The number of fused-ring (bicyclic) bond motifs is 1. The second kappa shape index (κ2) is 7.52. The summed E-state index contributed by atoms with van der Waals surface area (Å²) in [6, 6.07) is 6.22. The van der Waals surface area contributed by atoms with E-state index >= 15 is 0 Å². The van der Waals surface area contributed by atoms with Crippen molar-refractivity contribution in [3.63, 3.8) is 0 Å². The first-order valence-electron chi connectivity index (χ1n) is 9.65. The summed E-state index contributed by atoms with van der Waals surface area (Å²) in [5.74, 6) is 1.63. The third kappa shape index (κ3) is 3.60. The summed E-state index contributed by atoms with van der Waals surface area (Å²) in [6.07, 6.45) is 5.27. The molecular weight excluding hydrogens is 340 g/mol. The van der Waals surface area contributed by atoms with Gasteiger partial charge in [0.1, 0.15) is 0 Å². The lowest BCUT2D eigenvalue weighted by atomic mass is 9.98. The van der Waals surface area contributed by atoms with Crippen LogP contribution in [0, 0.1) is 0 Å². The van der Waals surface area contributed by atoms with E-state index in [0.29, 0.717) is 18.3 Å². The van der Waals surface area contributed by atoms with Gasteiger partial charge in [-0.15, -0.1) is 0 Å². The van der Waals surface area contributed by atoms with Crippen LogP contribution < -0.4 is 10.6 Å². The lowest BCUT2D eigenvalue weighted by molar-refractivity contribution is -0.115. The number of rotatable bonds is 5. The highest BCUT2D eigenvalue weighted by Gasteiger charge is 2.21. The quantitative estimate of drug-likeness (QED) is 0.647. The number of aromatic amines is 1. The smallest absolute Gasteiger partial charge is 0.231 e. The minimum absolute atomic E-state index is 0.0786. The molecule has 3 N–H and O–H groups in total. The van der Waals surface area contributed by atoms with Gasteiger partial charge in [0, 0.05) is 30.1 Å². The van der Waals surface area contributed by atoms with Crippen LogP contribution in [0.4, 0.5) is 5.95 Å². The zero-order chi connectivity index (χ0) is 18.8. The first-order chi connectivity index (χ1) is 13.2. The van der Waals surface area contributed by atoms with Gasteiger partial charge < -0.3 is 10.3 Å². The van der Waals surface area contributed by atoms with Crippen LogP contribution in [-0.4, -0.2) is 38.7 Å². The molecule has 27 heavy (non-hydrogen) atoms. The standard InChI is InChI=1S/C20H26N6O/c1-3-13-5-4-6-16-15(12-22-18(13)16)11-17(27)23-20-24-19(25-26(20)2)14-7-9-21-10-8-14/h4-6,12,14,21-22H,3,7-11H2,1-2H3,(H,23,24,25,27). The highest BCUT2D eigenvalue weighted by atomic mass is 16.1. The average Bonchev–Trinajstić information content (AvgIpc) is 3.26. The number of carbonyl (C=O) groups excluding carboxylic acids is 1. The summed E-state index contributed by atoms with van der Waals surface area (Å²) in [5, 5.41) is 11.9. The Labute approximate surface area is 158 Å². The van der Waals surface area contributed by atoms with Crippen LogP contribution in [0.25, 0.3) is 10.9 Å². The molecule has 0 radical (unpaired) electrons. The highest BCUT2D eigenvalue weighted by molar-refractivity contribution is 5.95. The molecule has 0 unspecified atom stereocenters. The molecule has 142 valence electrons. The Kier molecular flexibility index (Phi) is 4.94. The minimum Gasteiger partial charge on any atom is -0.361 e. The first-order valence-corrected chi connectivity index (χ1v) is 9.65. The van der Waals surface area contributed by atoms with Crippen molar-refractivity contribution in [2.75, 3.05) is 18.4 Å². The van der Waals surface area contributed by atoms with Crippen LogP contribution in [0.1, 0.15) is 42.6 Å². The van der Waals surface area contributed by atoms with Crippen molar-refractivity contribution < 1.29 is 4.79 Å². The van der Waals surface area contributed by atoms with Gasteiger partial charge in [-0.05, 0) is 43.5 Å². The summed E-state index contributed by atoms with van der Waals surface area (Å²) >= 11 is 0. The predicted molar refractivity (Wildman–Crippen MR) is 106 cm³/mol. The number of anilines is 1. The summed E-state index contributed by atoms with van der Waals surface area (Å²) in [5.41, 5.74) is 3.38. The van der Waals surface area contributed by atoms with Crippen molar-refractivity contribution in [1.29, 1.82) is 0 Å². The number of aromatic nitrogens is 4. The molecule has 0 aliphatic carbocycles. The molecule has 1 saturated heterocycles. The van der Waals surface area contributed by atoms with Gasteiger partial charge in [0.2, 0.25) is 11.9 Å². The van der Waals surface area contributed by atoms with Crippen LogP contribution in [0.5, 0.6) is 0 Å². The van der Waals surface area contributed by atoms with Crippen molar-refractivity contribution in [2.45, 2.75) is 38.5 Å². The molecule has 0 saturated carbocycles. The van der Waals surface area contributed by atoms with Crippen LogP contribution in [0.3, 0.4) is 0 Å². The largest absolute Gasteiger partial charge is 0.361 e. The van der Waals surface area contributed by atoms with Crippen LogP contribution in [-0.2, 0) is 24.7 Å². The van der Waals surface area contributed by atoms with E-state index in [1.165, 1.54) is 5.56 Å². The fraction of sp³-hybridized carbons (Fsp3) is 0.450. The molecule has 1 amide bonds. The molecule has 7 nitrogen and oxygen atoms in total. The monoisotopic (exact) mass is 366 g/mol. The fourth-order valence-electron chi connectivity index (χ4n) is 3.82. The number of piperidine rings is 1. The summed E-state index contributed by atoms with van der Waals surface area (Å²) in [6.45, 7) is 4.12. The molecule has 0 bridgehead atoms. The zero-order valence-corrected chi connectivity index (χ0v) is 15.9. The van der Waals surface area contributed by atoms with Crippen LogP contribution in [0.2, 0.25) is 0 Å². The van der Waals surface area contributed by atoms with Gasteiger partial charge in [-0.3, -0.25) is 10.1 Å². The number of amides is 1. The molecule has 1 fully saturated rings. The maximum absolute atomic E-state index is 12.6. The van der Waals surface area contributed by atoms with Crippen molar-refractivity contribution >= 4 is 22.8 Å². The van der Waals surface area contributed by atoms with Crippen molar-refractivity contribution in [1.82, 2.24) is 25.1 Å². The SMILES string of the molecule is CCc1cccc2c(CC(=O)Nc3nc(C4CCNCC4)nn3C)c[nH]c12. The third-order valence-corrected chi connectivity index (χ3v) is 5.35. The molecule has 1 aliphatic heterocycles. The fourth-order valence-corrected chi connectivity index (χ4v) is 3.82. The van der Waals surface area contributed by atoms with E-state index < -0.39 is 0 Å². The summed E-state index contributed by atoms with van der Waals surface area (Å²) in [7, 11) is 1.83. The minimum atomic E-state index is -0.0786.